The highest BCUT2D eigenvalue weighted by Gasteiger charge is 2.15. The van der Waals surface area contributed by atoms with E-state index >= 15 is 0 Å². The van der Waals surface area contributed by atoms with Crippen molar-refractivity contribution in [3.8, 4) is 11.5 Å². The molecule has 0 aliphatic heterocycles. The molecule has 2 rings (SSSR count). The Hall–Kier alpha value is -2.18. The number of rotatable bonds is 8. The number of hydrogen-bond donors (Lipinski definition) is 1. The van der Waals surface area contributed by atoms with E-state index in [-0.39, 0.29) is 12.4 Å². The third kappa shape index (κ3) is 4.64. The van der Waals surface area contributed by atoms with Crippen molar-refractivity contribution in [3.63, 3.8) is 0 Å². The molecule has 0 bridgehead atoms. The van der Waals surface area contributed by atoms with Crippen LogP contribution < -0.4 is 9.47 Å². The zero-order valence-electron chi connectivity index (χ0n) is 13.3. The van der Waals surface area contributed by atoms with Crippen molar-refractivity contribution >= 4 is 0 Å². The van der Waals surface area contributed by atoms with E-state index in [9.17, 15) is 9.50 Å². The van der Waals surface area contributed by atoms with Crippen LogP contribution in [0.1, 0.15) is 11.3 Å². The molecule has 0 aliphatic carbocycles. The molecule has 2 aromatic rings. The predicted octanol–water partition coefficient (Wildman–Crippen LogP) is 2.23. The quantitative estimate of drug-likeness (QED) is 0.808. The van der Waals surface area contributed by atoms with Gasteiger partial charge in [0.1, 0.15) is 11.5 Å². The Morgan fingerprint density at radius 2 is 1.83 bits per heavy atom. The number of aliphatic hydroxyl groups is 1. The predicted molar refractivity (Wildman–Crippen MR) is 84.9 cm³/mol. The molecule has 0 fully saturated rings. The molecular formula is C17H21FN2O3. The van der Waals surface area contributed by atoms with Gasteiger partial charge in [-0.3, -0.25) is 9.88 Å². The van der Waals surface area contributed by atoms with Gasteiger partial charge in [0.2, 0.25) is 0 Å². The minimum atomic E-state index is -0.265. The van der Waals surface area contributed by atoms with E-state index in [0.29, 0.717) is 31.1 Å². The van der Waals surface area contributed by atoms with Crippen LogP contribution in [0.15, 0.2) is 36.5 Å². The Morgan fingerprint density at radius 1 is 1.09 bits per heavy atom. The number of methoxy groups -OCH3 is 2. The lowest BCUT2D eigenvalue weighted by molar-refractivity contribution is 0.181. The SMILES string of the molecule is COc1ccnc(CN(CCO)Cc2ccc(F)cc2)c1OC. The number of aromatic nitrogens is 1. The number of ether oxygens (including phenoxy) is 2. The average Bonchev–Trinajstić information content (AvgIpc) is 2.56. The van der Waals surface area contributed by atoms with E-state index in [1.165, 1.54) is 12.1 Å². The van der Waals surface area contributed by atoms with Crippen LogP contribution in [0.4, 0.5) is 4.39 Å². The molecule has 0 aliphatic rings. The second-order valence-electron chi connectivity index (χ2n) is 5.05. The summed E-state index contributed by atoms with van der Waals surface area (Å²) in [4.78, 5) is 6.36. The van der Waals surface area contributed by atoms with E-state index in [0.717, 1.165) is 11.3 Å². The summed E-state index contributed by atoms with van der Waals surface area (Å²) in [5, 5.41) is 9.29. The second-order valence-corrected chi connectivity index (χ2v) is 5.05. The van der Waals surface area contributed by atoms with Crippen LogP contribution in [0.5, 0.6) is 11.5 Å². The van der Waals surface area contributed by atoms with Gasteiger partial charge in [-0.2, -0.15) is 0 Å². The van der Waals surface area contributed by atoms with Crippen LogP contribution in [0.3, 0.4) is 0 Å². The van der Waals surface area contributed by atoms with Gasteiger partial charge in [-0.15, -0.1) is 0 Å². The van der Waals surface area contributed by atoms with Crippen molar-refractivity contribution in [2.24, 2.45) is 0 Å². The Morgan fingerprint density at radius 3 is 2.43 bits per heavy atom. The zero-order chi connectivity index (χ0) is 16.7. The molecule has 0 spiro atoms. The lowest BCUT2D eigenvalue weighted by Crippen LogP contribution is -2.26. The normalized spacial score (nSPS) is 10.8. The van der Waals surface area contributed by atoms with E-state index in [1.807, 2.05) is 4.90 Å². The summed E-state index contributed by atoms with van der Waals surface area (Å²) in [6.45, 7) is 1.55. The molecule has 0 saturated carbocycles. The lowest BCUT2D eigenvalue weighted by atomic mass is 10.2. The number of hydrogen-bond acceptors (Lipinski definition) is 5. The molecular weight excluding hydrogens is 299 g/mol. The van der Waals surface area contributed by atoms with E-state index in [1.54, 1.807) is 38.6 Å². The summed E-state index contributed by atoms with van der Waals surface area (Å²) in [6.07, 6.45) is 1.66. The first kappa shape index (κ1) is 17.2. The lowest BCUT2D eigenvalue weighted by Gasteiger charge is -2.22. The second kappa shape index (κ2) is 8.45. The number of nitrogens with zero attached hydrogens (tertiary/aromatic N) is 2. The molecule has 23 heavy (non-hydrogen) atoms. The van der Waals surface area contributed by atoms with Gasteiger partial charge in [0, 0.05) is 31.9 Å². The van der Waals surface area contributed by atoms with E-state index in [2.05, 4.69) is 4.98 Å². The molecule has 0 atom stereocenters. The maximum atomic E-state index is 13.0. The first-order valence-corrected chi connectivity index (χ1v) is 7.31. The monoisotopic (exact) mass is 320 g/mol. The van der Waals surface area contributed by atoms with Crippen molar-refractivity contribution in [1.29, 1.82) is 0 Å². The number of pyridine rings is 1. The molecule has 1 aromatic heterocycles. The average molecular weight is 320 g/mol. The summed E-state index contributed by atoms with van der Waals surface area (Å²) in [7, 11) is 3.14. The summed E-state index contributed by atoms with van der Waals surface area (Å²) in [5.74, 6) is 0.930. The van der Waals surface area contributed by atoms with E-state index < -0.39 is 0 Å². The Kier molecular flexibility index (Phi) is 6.31. The molecule has 5 nitrogen and oxygen atoms in total. The van der Waals surface area contributed by atoms with Gasteiger partial charge >= 0.3 is 0 Å². The van der Waals surface area contributed by atoms with Crippen molar-refractivity contribution in [3.05, 3.63) is 53.6 Å². The highest BCUT2D eigenvalue weighted by Crippen LogP contribution is 2.30. The smallest absolute Gasteiger partial charge is 0.183 e. The first-order chi connectivity index (χ1) is 11.2. The summed E-state index contributed by atoms with van der Waals surface area (Å²) < 4.78 is 23.7. The van der Waals surface area contributed by atoms with Crippen LogP contribution in [0.25, 0.3) is 0 Å². The van der Waals surface area contributed by atoms with Gasteiger partial charge in [0.05, 0.1) is 20.8 Å². The molecule has 1 heterocycles. The molecule has 0 amide bonds. The number of aliphatic hydroxyl groups excluding tert-OH is 1. The zero-order valence-corrected chi connectivity index (χ0v) is 13.3. The maximum Gasteiger partial charge on any atom is 0.183 e. The summed E-state index contributed by atoms with van der Waals surface area (Å²) in [6, 6.07) is 8.05. The van der Waals surface area contributed by atoms with Gasteiger partial charge in [0.25, 0.3) is 0 Å². The highest BCUT2D eigenvalue weighted by molar-refractivity contribution is 5.42. The molecule has 124 valence electrons. The molecule has 0 radical (unpaired) electrons. The van der Waals surface area contributed by atoms with Crippen LogP contribution >= 0.6 is 0 Å². The largest absolute Gasteiger partial charge is 0.493 e. The first-order valence-electron chi connectivity index (χ1n) is 7.31. The van der Waals surface area contributed by atoms with Gasteiger partial charge < -0.3 is 14.6 Å². The minimum absolute atomic E-state index is 0.0213. The number of halogens is 1. The third-order valence-corrected chi connectivity index (χ3v) is 3.48. The third-order valence-electron chi connectivity index (χ3n) is 3.48. The van der Waals surface area contributed by atoms with Crippen molar-refractivity contribution in [2.75, 3.05) is 27.4 Å². The maximum absolute atomic E-state index is 13.0. The van der Waals surface area contributed by atoms with Gasteiger partial charge in [-0.25, -0.2) is 4.39 Å². The van der Waals surface area contributed by atoms with Crippen LogP contribution in [0.2, 0.25) is 0 Å². The fourth-order valence-electron chi connectivity index (χ4n) is 2.38. The van der Waals surface area contributed by atoms with Crippen LogP contribution in [-0.2, 0) is 13.1 Å². The summed E-state index contributed by atoms with van der Waals surface area (Å²) in [5.41, 5.74) is 1.68. The summed E-state index contributed by atoms with van der Waals surface area (Å²) >= 11 is 0. The Balaban J connectivity index is 2.17. The fourth-order valence-corrected chi connectivity index (χ4v) is 2.38. The highest BCUT2D eigenvalue weighted by atomic mass is 19.1. The number of benzene rings is 1. The molecule has 6 heteroatoms. The molecule has 0 saturated heterocycles. The standard InChI is InChI=1S/C17H21FN2O3/c1-22-16-7-8-19-15(17(16)23-2)12-20(9-10-21)11-13-3-5-14(18)6-4-13/h3-8,21H,9-12H2,1-2H3. The van der Waals surface area contributed by atoms with Gasteiger partial charge in [0.15, 0.2) is 11.5 Å². The Labute approximate surface area is 135 Å². The molecule has 1 aromatic carbocycles. The molecule has 0 unspecified atom stereocenters. The fraction of sp³-hybridized carbons (Fsp3) is 0.353. The van der Waals surface area contributed by atoms with Crippen molar-refractivity contribution in [2.45, 2.75) is 13.1 Å². The van der Waals surface area contributed by atoms with Crippen LogP contribution in [-0.4, -0.2) is 42.4 Å². The van der Waals surface area contributed by atoms with E-state index in [4.69, 9.17) is 9.47 Å². The van der Waals surface area contributed by atoms with Gasteiger partial charge in [-0.1, -0.05) is 12.1 Å². The Bertz CT molecular complexity index is 620. The van der Waals surface area contributed by atoms with Gasteiger partial charge in [-0.05, 0) is 17.7 Å². The minimum Gasteiger partial charge on any atom is -0.493 e. The van der Waals surface area contributed by atoms with Crippen LogP contribution in [0, 0.1) is 5.82 Å². The van der Waals surface area contributed by atoms with Crippen molar-refractivity contribution in [1.82, 2.24) is 9.88 Å². The van der Waals surface area contributed by atoms with Crippen molar-refractivity contribution < 1.29 is 19.0 Å². The molecule has 1 N–H and O–H groups in total. The topological polar surface area (TPSA) is 54.8 Å².